The molecule has 0 saturated carbocycles. The first-order valence-corrected chi connectivity index (χ1v) is 10.1. The number of amides is 1. The summed E-state index contributed by atoms with van der Waals surface area (Å²) in [5, 5.41) is 0. The lowest BCUT2D eigenvalue weighted by Gasteiger charge is -2.22. The Kier molecular flexibility index (Phi) is 9.01. The van der Waals surface area contributed by atoms with E-state index in [2.05, 4.69) is 17.9 Å². The summed E-state index contributed by atoms with van der Waals surface area (Å²) in [6.07, 6.45) is 3.03. The van der Waals surface area contributed by atoms with Crippen molar-refractivity contribution in [3.8, 4) is 0 Å². The Morgan fingerprint density at radius 1 is 1.21 bits per heavy atom. The monoisotopic (exact) mass is 412 g/mol. The number of hydrogen-bond acceptors (Lipinski definition) is 5. The molecule has 1 rings (SSSR count). The van der Waals surface area contributed by atoms with Gasteiger partial charge in [-0.25, -0.2) is 12.8 Å². The van der Waals surface area contributed by atoms with E-state index in [9.17, 15) is 22.4 Å². The molecule has 154 valence electrons. The van der Waals surface area contributed by atoms with Crippen molar-refractivity contribution in [3.05, 3.63) is 55.4 Å². The number of rotatable bonds is 11. The van der Waals surface area contributed by atoms with Crippen LogP contribution < -0.4 is 4.72 Å². The molecule has 0 aliphatic rings. The predicted molar refractivity (Wildman–Crippen MR) is 103 cm³/mol. The SMILES string of the molecule is C=CCN(CC=C)C(=O)COC(=O)[C@@H](NS(=O)(=O)c1ccccc1F)C(C)C. The van der Waals surface area contributed by atoms with E-state index in [0.29, 0.717) is 0 Å². The Labute approximate surface area is 164 Å². The molecule has 0 spiro atoms. The molecule has 0 heterocycles. The van der Waals surface area contributed by atoms with E-state index < -0.39 is 51.2 Å². The molecule has 1 N–H and O–H groups in total. The second-order valence-corrected chi connectivity index (χ2v) is 7.94. The van der Waals surface area contributed by atoms with Gasteiger partial charge in [-0.15, -0.1) is 13.2 Å². The second kappa shape index (κ2) is 10.7. The molecule has 7 nitrogen and oxygen atoms in total. The van der Waals surface area contributed by atoms with E-state index in [1.807, 2.05) is 0 Å². The van der Waals surface area contributed by atoms with E-state index in [1.165, 1.54) is 29.2 Å². The van der Waals surface area contributed by atoms with Gasteiger partial charge in [-0.05, 0) is 18.1 Å². The van der Waals surface area contributed by atoms with Crippen molar-refractivity contribution in [2.75, 3.05) is 19.7 Å². The lowest BCUT2D eigenvalue weighted by molar-refractivity contribution is -0.153. The quantitative estimate of drug-likeness (QED) is 0.442. The van der Waals surface area contributed by atoms with Crippen molar-refractivity contribution in [2.45, 2.75) is 24.8 Å². The molecule has 0 aromatic heterocycles. The molecule has 0 aliphatic heterocycles. The molecule has 1 atom stereocenters. The minimum Gasteiger partial charge on any atom is -0.454 e. The van der Waals surface area contributed by atoms with Gasteiger partial charge in [-0.2, -0.15) is 4.72 Å². The van der Waals surface area contributed by atoms with Gasteiger partial charge >= 0.3 is 5.97 Å². The number of esters is 1. The Bertz CT molecular complexity index is 813. The Morgan fingerprint density at radius 3 is 2.29 bits per heavy atom. The maximum atomic E-state index is 13.8. The van der Waals surface area contributed by atoms with E-state index in [1.54, 1.807) is 13.8 Å². The minimum absolute atomic E-state index is 0.246. The highest BCUT2D eigenvalue weighted by Gasteiger charge is 2.31. The fraction of sp³-hybridized carbons (Fsp3) is 0.368. The van der Waals surface area contributed by atoms with Gasteiger partial charge in [0.1, 0.15) is 16.8 Å². The van der Waals surface area contributed by atoms with E-state index in [4.69, 9.17) is 4.74 Å². The van der Waals surface area contributed by atoms with Crippen LogP contribution in [-0.2, 0) is 24.3 Å². The van der Waals surface area contributed by atoms with Gasteiger partial charge in [0.15, 0.2) is 6.61 Å². The molecule has 1 aromatic rings. The third kappa shape index (κ3) is 6.58. The minimum atomic E-state index is -4.30. The first-order valence-electron chi connectivity index (χ1n) is 8.57. The van der Waals surface area contributed by atoms with Gasteiger partial charge < -0.3 is 9.64 Å². The van der Waals surface area contributed by atoms with Crippen LogP contribution >= 0.6 is 0 Å². The first kappa shape index (κ1) is 23.5. The molecule has 28 heavy (non-hydrogen) atoms. The Morgan fingerprint density at radius 2 is 1.79 bits per heavy atom. The normalized spacial score (nSPS) is 12.3. The number of ether oxygens (including phenoxy) is 1. The third-order valence-electron chi connectivity index (χ3n) is 3.72. The van der Waals surface area contributed by atoms with Crippen LogP contribution in [0.4, 0.5) is 4.39 Å². The zero-order chi connectivity index (χ0) is 21.3. The summed E-state index contributed by atoms with van der Waals surface area (Å²) in [5.41, 5.74) is 0. The topological polar surface area (TPSA) is 92.8 Å². The van der Waals surface area contributed by atoms with Crippen LogP contribution in [-0.4, -0.2) is 50.9 Å². The van der Waals surface area contributed by atoms with Crippen molar-refractivity contribution >= 4 is 21.9 Å². The standard InChI is InChI=1S/C19H25FN2O5S/c1-5-11-22(12-6-2)17(23)13-27-19(24)18(14(3)4)21-28(25,26)16-10-8-7-9-15(16)20/h5-10,14,18,21H,1-2,11-13H2,3-4H3/t18-/m0/s1. The molecular formula is C19H25FN2O5S. The molecule has 0 unspecified atom stereocenters. The Hall–Kier alpha value is -2.52. The van der Waals surface area contributed by atoms with Gasteiger partial charge in [-0.1, -0.05) is 38.1 Å². The van der Waals surface area contributed by atoms with E-state index in [-0.39, 0.29) is 13.1 Å². The first-order chi connectivity index (χ1) is 13.1. The average molecular weight is 412 g/mol. The van der Waals surface area contributed by atoms with Crippen LogP contribution in [0.25, 0.3) is 0 Å². The van der Waals surface area contributed by atoms with Crippen molar-refractivity contribution in [1.29, 1.82) is 0 Å². The molecule has 9 heteroatoms. The molecule has 0 radical (unpaired) electrons. The highest BCUT2D eigenvalue weighted by molar-refractivity contribution is 7.89. The Balaban J connectivity index is 2.87. The zero-order valence-corrected chi connectivity index (χ0v) is 16.7. The number of benzene rings is 1. The average Bonchev–Trinajstić information content (AvgIpc) is 2.63. The maximum absolute atomic E-state index is 13.8. The smallest absolute Gasteiger partial charge is 0.324 e. The number of halogens is 1. The van der Waals surface area contributed by atoms with Crippen LogP contribution in [0, 0.1) is 11.7 Å². The lowest BCUT2D eigenvalue weighted by atomic mass is 10.1. The summed E-state index contributed by atoms with van der Waals surface area (Å²) in [6.45, 7) is 10.2. The van der Waals surface area contributed by atoms with E-state index >= 15 is 0 Å². The van der Waals surface area contributed by atoms with Crippen LogP contribution in [0.2, 0.25) is 0 Å². The number of carbonyl (C=O) groups is 2. The molecule has 0 fully saturated rings. The molecule has 1 aromatic carbocycles. The van der Waals surface area contributed by atoms with Crippen LogP contribution in [0.1, 0.15) is 13.8 Å². The van der Waals surface area contributed by atoms with E-state index in [0.717, 1.165) is 12.1 Å². The lowest BCUT2D eigenvalue weighted by Crippen LogP contribution is -2.46. The van der Waals surface area contributed by atoms with Gasteiger partial charge in [0.05, 0.1) is 0 Å². The van der Waals surface area contributed by atoms with Crippen LogP contribution in [0.3, 0.4) is 0 Å². The number of hydrogen-bond donors (Lipinski definition) is 1. The van der Waals surface area contributed by atoms with Crippen molar-refractivity contribution < 1.29 is 27.1 Å². The molecule has 0 aliphatic carbocycles. The molecule has 0 bridgehead atoms. The third-order valence-corrected chi connectivity index (χ3v) is 5.19. The number of sulfonamides is 1. The largest absolute Gasteiger partial charge is 0.454 e. The summed E-state index contributed by atoms with van der Waals surface area (Å²) in [4.78, 5) is 25.3. The summed E-state index contributed by atoms with van der Waals surface area (Å²) in [6, 6.07) is 3.53. The highest BCUT2D eigenvalue weighted by atomic mass is 32.2. The van der Waals surface area contributed by atoms with Gasteiger partial charge in [0.2, 0.25) is 10.0 Å². The molecule has 0 saturated heterocycles. The fourth-order valence-electron chi connectivity index (χ4n) is 2.25. The number of nitrogens with zero attached hydrogens (tertiary/aromatic N) is 1. The van der Waals surface area contributed by atoms with Crippen molar-refractivity contribution in [2.24, 2.45) is 5.92 Å². The number of carbonyl (C=O) groups excluding carboxylic acids is 2. The van der Waals surface area contributed by atoms with Crippen molar-refractivity contribution in [3.63, 3.8) is 0 Å². The van der Waals surface area contributed by atoms with Gasteiger partial charge in [0, 0.05) is 13.1 Å². The zero-order valence-electron chi connectivity index (χ0n) is 15.9. The van der Waals surface area contributed by atoms with Gasteiger partial charge in [-0.3, -0.25) is 9.59 Å². The highest BCUT2D eigenvalue weighted by Crippen LogP contribution is 2.16. The molecular weight excluding hydrogens is 387 g/mol. The predicted octanol–water partition coefficient (Wildman–Crippen LogP) is 1.87. The van der Waals surface area contributed by atoms with Crippen LogP contribution in [0.15, 0.2) is 54.5 Å². The summed E-state index contributed by atoms with van der Waals surface area (Å²) in [5.74, 6) is -2.85. The van der Waals surface area contributed by atoms with Crippen LogP contribution in [0.5, 0.6) is 0 Å². The number of nitrogens with one attached hydrogen (secondary N) is 1. The van der Waals surface area contributed by atoms with Gasteiger partial charge in [0.25, 0.3) is 5.91 Å². The molecule has 1 amide bonds. The maximum Gasteiger partial charge on any atom is 0.324 e. The van der Waals surface area contributed by atoms with Crippen molar-refractivity contribution in [1.82, 2.24) is 9.62 Å². The summed E-state index contributed by atoms with van der Waals surface area (Å²) >= 11 is 0. The summed E-state index contributed by atoms with van der Waals surface area (Å²) in [7, 11) is -4.30. The summed E-state index contributed by atoms with van der Waals surface area (Å²) < 4.78 is 45.8. The fourth-order valence-corrected chi connectivity index (χ4v) is 3.67. The second-order valence-electron chi connectivity index (χ2n) is 6.26.